The molecule has 0 saturated heterocycles. The third kappa shape index (κ3) is 4.94. The molecule has 0 bridgehead atoms. The molecule has 1 heterocycles. The summed E-state index contributed by atoms with van der Waals surface area (Å²) in [6.45, 7) is 7.22. The molecule has 20 heavy (non-hydrogen) atoms. The summed E-state index contributed by atoms with van der Waals surface area (Å²) in [5, 5.41) is 12.1. The zero-order chi connectivity index (χ0) is 15.0. The second kappa shape index (κ2) is 8.71. The quantitative estimate of drug-likeness (QED) is 0.315. The van der Waals surface area contributed by atoms with Crippen molar-refractivity contribution in [2.24, 2.45) is 5.84 Å². The second-order valence-corrected chi connectivity index (χ2v) is 5.27. The lowest BCUT2D eigenvalue weighted by atomic mass is 10.2. The molecule has 114 valence electrons. The van der Waals surface area contributed by atoms with Gasteiger partial charge in [-0.2, -0.15) is 0 Å². The van der Waals surface area contributed by atoms with Crippen LogP contribution in [0.4, 0.5) is 11.6 Å². The smallest absolute Gasteiger partial charge is 0.148 e. The zero-order valence-corrected chi connectivity index (χ0v) is 12.7. The predicted octanol–water partition coefficient (Wildman–Crippen LogP) is 2.16. The minimum atomic E-state index is 0.257. The van der Waals surface area contributed by atoms with Gasteiger partial charge in [0, 0.05) is 24.6 Å². The Kier molecular flexibility index (Phi) is 7.25. The molecule has 1 rings (SSSR count). The average Bonchev–Trinajstić information content (AvgIpc) is 2.44. The normalized spacial score (nSPS) is 10.9. The van der Waals surface area contributed by atoms with E-state index in [0.29, 0.717) is 5.82 Å². The first-order chi connectivity index (χ1) is 9.60. The van der Waals surface area contributed by atoms with Crippen LogP contribution < -0.4 is 16.6 Å². The topological polar surface area (TPSA) is 96.1 Å². The van der Waals surface area contributed by atoms with E-state index in [0.717, 1.165) is 49.4 Å². The van der Waals surface area contributed by atoms with Crippen LogP contribution in [0.15, 0.2) is 0 Å². The summed E-state index contributed by atoms with van der Waals surface area (Å²) < 4.78 is 0. The van der Waals surface area contributed by atoms with Gasteiger partial charge >= 0.3 is 0 Å². The fraction of sp³-hybridized carbons (Fsp3) is 0.714. The van der Waals surface area contributed by atoms with Crippen molar-refractivity contribution in [3.8, 4) is 0 Å². The number of hydrogen-bond donors (Lipinski definition) is 4. The molecule has 0 aliphatic heterocycles. The lowest BCUT2D eigenvalue weighted by Gasteiger charge is -2.15. The van der Waals surface area contributed by atoms with E-state index in [-0.39, 0.29) is 12.5 Å². The number of hydrogen-bond acceptors (Lipinski definition) is 6. The highest BCUT2D eigenvalue weighted by Gasteiger charge is 2.12. The molecule has 0 aliphatic rings. The van der Waals surface area contributed by atoms with Gasteiger partial charge in [0.25, 0.3) is 0 Å². The Labute approximate surface area is 121 Å². The standard InChI is InChI=1S/C14H27N5O/c1-10(2)12-17-13(11(3)14(18-12)19-15)16-8-6-4-5-7-9-20/h10,20H,4-9,15H2,1-3H3,(H2,16,17,18,19). The Morgan fingerprint density at radius 3 is 2.35 bits per heavy atom. The van der Waals surface area contributed by atoms with Gasteiger partial charge < -0.3 is 15.8 Å². The van der Waals surface area contributed by atoms with Crippen molar-refractivity contribution in [2.45, 2.75) is 52.4 Å². The Morgan fingerprint density at radius 2 is 1.75 bits per heavy atom. The van der Waals surface area contributed by atoms with Gasteiger partial charge in [-0.25, -0.2) is 15.8 Å². The molecule has 6 nitrogen and oxygen atoms in total. The first-order valence-electron chi connectivity index (χ1n) is 7.30. The van der Waals surface area contributed by atoms with Crippen LogP contribution in [-0.2, 0) is 0 Å². The maximum atomic E-state index is 8.73. The number of rotatable bonds is 9. The number of nitrogens with one attached hydrogen (secondary N) is 2. The summed E-state index contributed by atoms with van der Waals surface area (Å²) in [6, 6.07) is 0. The third-order valence-corrected chi connectivity index (χ3v) is 3.19. The monoisotopic (exact) mass is 281 g/mol. The number of anilines is 2. The molecule has 0 radical (unpaired) electrons. The Bertz CT molecular complexity index is 409. The molecular formula is C14H27N5O. The molecule has 0 aromatic carbocycles. The molecule has 1 aromatic rings. The molecule has 0 fully saturated rings. The predicted molar refractivity (Wildman–Crippen MR) is 82.7 cm³/mol. The van der Waals surface area contributed by atoms with Crippen molar-refractivity contribution in [1.29, 1.82) is 0 Å². The van der Waals surface area contributed by atoms with Crippen molar-refractivity contribution in [1.82, 2.24) is 9.97 Å². The van der Waals surface area contributed by atoms with E-state index in [1.165, 1.54) is 0 Å². The minimum Gasteiger partial charge on any atom is -0.396 e. The number of aliphatic hydroxyl groups is 1. The molecular weight excluding hydrogens is 254 g/mol. The summed E-state index contributed by atoms with van der Waals surface area (Å²) in [4.78, 5) is 8.96. The van der Waals surface area contributed by atoms with Gasteiger partial charge in [0.2, 0.25) is 0 Å². The summed E-state index contributed by atoms with van der Waals surface area (Å²) in [5.41, 5.74) is 3.57. The van der Waals surface area contributed by atoms with E-state index in [1.54, 1.807) is 0 Å². The molecule has 0 unspecified atom stereocenters. The fourth-order valence-corrected chi connectivity index (χ4v) is 1.90. The van der Waals surface area contributed by atoms with Crippen molar-refractivity contribution in [2.75, 3.05) is 23.9 Å². The van der Waals surface area contributed by atoms with Crippen molar-refractivity contribution < 1.29 is 5.11 Å². The third-order valence-electron chi connectivity index (χ3n) is 3.19. The maximum Gasteiger partial charge on any atom is 0.148 e. The highest BCUT2D eigenvalue weighted by Crippen LogP contribution is 2.22. The number of hydrazine groups is 1. The zero-order valence-electron chi connectivity index (χ0n) is 12.7. The van der Waals surface area contributed by atoms with Crippen LogP contribution in [0.25, 0.3) is 0 Å². The van der Waals surface area contributed by atoms with Crippen LogP contribution in [0.1, 0.15) is 56.8 Å². The number of nitrogen functional groups attached to an aromatic ring is 1. The minimum absolute atomic E-state index is 0.257. The molecule has 5 N–H and O–H groups in total. The molecule has 1 aromatic heterocycles. The van der Waals surface area contributed by atoms with Crippen LogP contribution in [0.3, 0.4) is 0 Å². The number of aromatic nitrogens is 2. The van der Waals surface area contributed by atoms with Gasteiger partial charge in [-0.3, -0.25) is 0 Å². The lowest BCUT2D eigenvalue weighted by Crippen LogP contribution is -2.16. The van der Waals surface area contributed by atoms with E-state index in [2.05, 4.69) is 34.6 Å². The molecule has 0 atom stereocenters. The van der Waals surface area contributed by atoms with E-state index in [4.69, 9.17) is 10.9 Å². The number of nitrogens with zero attached hydrogens (tertiary/aromatic N) is 2. The fourth-order valence-electron chi connectivity index (χ4n) is 1.90. The van der Waals surface area contributed by atoms with Crippen molar-refractivity contribution >= 4 is 11.6 Å². The van der Waals surface area contributed by atoms with E-state index in [1.807, 2.05) is 6.92 Å². The largest absolute Gasteiger partial charge is 0.396 e. The summed E-state index contributed by atoms with van der Waals surface area (Å²) in [7, 11) is 0. The van der Waals surface area contributed by atoms with Crippen LogP contribution in [0.5, 0.6) is 0 Å². The van der Waals surface area contributed by atoms with Gasteiger partial charge in [0.15, 0.2) is 0 Å². The first kappa shape index (κ1) is 16.7. The van der Waals surface area contributed by atoms with Crippen molar-refractivity contribution in [3.63, 3.8) is 0 Å². The molecule has 0 amide bonds. The van der Waals surface area contributed by atoms with Gasteiger partial charge in [0.05, 0.1) is 0 Å². The number of unbranched alkanes of at least 4 members (excludes halogenated alkanes) is 3. The van der Waals surface area contributed by atoms with E-state index < -0.39 is 0 Å². The van der Waals surface area contributed by atoms with E-state index in [9.17, 15) is 0 Å². The Hall–Kier alpha value is -1.40. The Balaban J connectivity index is 2.61. The van der Waals surface area contributed by atoms with Gasteiger partial charge in [-0.15, -0.1) is 0 Å². The molecule has 0 saturated carbocycles. The van der Waals surface area contributed by atoms with Crippen LogP contribution >= 0.6 is 0 Å². The average molecular weight is 281 g/mol. The Morgan fingerprint density at radius 1 is 1.10 bits per heavy atom. The SMILES string of the molecule is Cc1c(NN)nc(C(C)C)nc1NCCCCCCO. The van der Waals surface area contributed by atoms with Crippen molar-refractivity contribution in [3.05, 3.63) is 11.4 Å². The second-order valence-electron chi connectivity index (χ2n) is 5.27. The van der Waals surface area contributed by atoms with Gasteiger partial charge in [-0.05, 0) is 19.8 Å². The summed E-state index contributed by atoms with van der Waals surface area (Å²) in [6.07, 6.45) is 4.11. The molecule has 6 heteroatoms. The lowest BCUT2D eigenvalue weighted by molar-refractivity contribution is 0.283. The molecule has 0 aliphatic carbocycles. The summed E-state index contributed by atoms with van der Waals surface area (Å²) >= 11 is 0. The highest BCUT2D eigenvalue weighted by atomic mass is 16.2. The first-order valence-corrected chi connectivity index (χ1v) is 7.30. The van der Waals surface area contributed by atoms with Crippen LogP contribution in [0.2, 0.25) is 0 Å². The highest BCUT2D eigenvalue weighted by molar-refractivity contribution is 5.56. The van der Waals surface area contributed by atoms with Crippen LogP contribution in [-0.4, -0.2) is 28.2 Å². The number of nitrogens with two attached hydrogens (primary N) is 1. The maximum absolute atomic E-state index is 8.73. The van der Waals surface area contributed by atoms with Gasteiger partial charge in [-0.1, -0.05) is 26.7 Å². The molecule has 0 spiro atoms. The van der Waals surface area contributed by atoms with Crippen LogP contribution in [0, 0.1) is 6.92 Å². The number of aliphatic hydroxyl groups excluding tert-OH is 1. The van der Waals surface area contributed by atoms with E-state index >= 15 is 0 Å². The van der Waals surface area contributed by atoms with Gasteiger partial charge in [0.1, 0.15) is 17.5 Å². The summed E-state index contributed by atoms with van der Waals surface area (Å²) in [5.74, 6) is 8.07.